The zero-order valence-electron chi connectivity index (χ0n) is 14.7. The van der Waals surface area contributed by atoms with Crippen LogP contribution in [0.2, 0.25) is 5.02 Å². The van der Waals surface area contributed by atoms with E-state index in [0.717, 1.165) is 32.8 Å². The quantitative estimate of drug-likeness (QED) is 0.461. The second kappa shape index (κ2) is 7.83. The molecule has 3 aromatic rings. The smallest absolute Gasteiger partial charge is 0.349 e. The number of thiocarbonyl (C=S) groups is 1. The summed E-state index contributed by atoms with van der Waals surface area (Å²) >= 11 is 12.9. The SMILES string of the molecule is COC(=O)c1sc2cc(NC(=S)NCc3ccc4c(c3)OCO4)ccc2c1Cl. The molecule has 144 valence electrons. The predicted octanol–water partition coefficient (Wildman–Crippen LogP) is 4.56. The summed E-state index contributed by atoms with van der Waals surface area (Å²) in [7, 11) is 1.33. The molecule has 1 aliphatic heterocycles. The Hall–Kier alpha value is -2.55. The maximum Gasteiger partial charge on any atom is 0.349 e. The molecule has 9 heteroatoms. The summed E-state index contributed by atoms with van der Waals surface area (Å²) < 4.78 is 16.3. The highest BCUT2D eigenvalue weighted by atomic mass is 35.5. The van der Waals surface area contributed by atoms with Crippen LogP contribution in [0, 0.1) is 0 Å². The summed E-state index contributed by atoms with van der Waals surface area (Å²) in [6.07, 6.45) is 0. The van der Waals surface area contributed by atoms with Crippen molar-refractivity contribution in [3.8, 4) is 11.5 Å². The van der Waals surface area contributed by atoms with E-state index in [9.17, 15) is 4.79 Å². The fourth-order valence-corrected chi connectivity index (χ4v) is 4.43. The monoisotopic (exact) mass is 434 g/mol. The first-order valence-electron chi connectivity index (χ1n) is 8.29. The third kappa shape index (κ3) is 3.71. The van der Waals surface area contributed by atoms with Crippen LogP contribution in [-0.4, -0.2) is 25.0 Å². The van der Waals surface area contributed by atoms with Gasteiger partial charge in [-0.15, -0.1) is 11.3 Å². The Morgan fingerprint density at radius 3 is 2.89 bits per heavy atom. The number of benzene rings is 2. The number of methoxy groups -OCH3 is 1. The van der Waals surface area contributed by atoms with Gasteiger partial charge >= 0.3 is 5.97 Å². The molecule has 1 aromatic heterocycles. The van der Waals surface area contributed by atoms with E-state index >= 15 is 0 Å². The van der Waals surface area contributed by atoms with Crippen molar-refractivity contribution >= 4 is 62.0 Å². The van der Waals surface area contributed by atoms with E-state index in [1.807, 2.05) is 36.4 Å². The number of esters is 1. The molecule has 4 rings (SSSR count). The van der Waals surface area contributed by atoms with Crippen molar-refractivity contribution in [3.63, 3.8) is 0 Å². The minimum atomic E-state index is -0.443. The average Bonchev–Trinajstić information content (AvgIpc) is 3.29. The Balaban J connectivity index is 1.42. The summed E-state index contributed by atoms with van der Waals surface area (Å²) in [6, 6.07) is 11.4. The highest BCUT2D eigenvalue weighted by molar-refractivity contribution is 7.80. The van der Waals surface area contributed by atoms with Crippen molar-refractivity contribution in [3.05, 3.63) is 51.9 Å². The first kappa shape index (κ1) is 18.8. The lowest BCUT2D eigenvalue weighted by atomic mass is 10.2. The molecule has 2 aromatic carbocycles. The number of carbonyl (C=O) groups is 1. The Morgan fingerprint density at radius 2 is 2.07 bits per heavy atom. The van der Waals surface area contributed by atoms with E-state index in [4.69, 9.17) is 38.0 Å². The number of thiophene rings is 1. The molecule has 28 heavy (non-hydrogen) atoms. The molecule has 0 fully saturated rings. The van der Waals surface area contributed by atoms with Crippen LogP contribution in [0.4, 0.5) is 5.69 Å². The third-order valence-electron chi connectivity index (χ3n) is 4.15. The van der Waals surface area contributed by atoms with Crippen molar-refractivity contribution in [2.45, 2.75) is 6.54 Å². The van der Waals surface area contributed by atoms with Crippen LogP contribution in [0.15, 0.2) is 36.4 Å². The number of rotatable bonds is 4. The van der Waals surface area contributed by atoms with Gasteiger partial charge in [0.2, 0.25) is 6.79 Å². The van der Waals surface area contributed by atoms with Crippen LogP contribution in [0.5, 0.6) is 11.5 Å². The summed E-state index contributed by atoms with van der Waals surface area (Å²) in [4.78, 5) is 12.2. The number of halogens is 1. The summed E-state index contributed by atoms with van der Waals surface area (Å²) in [6.45, 7) is 0.793. The lowest BCUT2D eigenvalue weighted by Gasteiger charge is -2.11. The summed E-state index contributed by atoms with van der Waals surface area (Å²) in [5.74, 6) is 1.04. The van der Waals surface area contributed by atoms with Crippen LogP contribution >= 0.6 is 35.2 Å². The fraction of sp³-hybridized carbons (Fsp3) is 0.158. The van der Waals surface area contributed by atoms with Gasteiger partial charge in [0.1, 0.15) is 4.88 Å². The van der Waals surface area contributed by atoms with Gasteiger partial charge in [-0.25, -0.2) is 4.79 Å². The molecule has 0 spiro atoms. The number of ether oxygens (including phenoxy) is 3. The molecule has 0 amide bonds. The zero-order chi connectivity index (χ0) is 19.7. The Morgan fingerprint density at radius 1 is 1.25 bits per heavy atom. The van der Waals surface area contributed by atoms with Gasteiger partial charge < -0.3 is 24.8 Å². The lowest BCUT2D eigenvalue weighted by Crippen LogP contribution is -2.27. The van der Waals surface area contributed by atoms with Gasteiger partial charge in [-0.1, -0.05) is 17.7 Å². The van der Waals surface area contributed by atoms with E-state index in [0.29, 0.717) is 21.6 Å². The highest BCUT2D eigenvalue weighted by Gasteiger charge is 2.18. The molecule has 1 aliphatic rings. The number of nitrogens with one attached hydrogen (secondary N) is 2. The van der Waals surface area contributed by atoms with Crippen LogP contribution in [0.3, 0.4) is 0 Å². The van der Waals surface area contributed by atoms with Crippen molar-refractivity contribution in [2.24, 2.45) is 0 Å². The van der Waals surface area contributed by atoms with Gasteiger partial charge in [0.05, 0.1) is 12.1 Å². The number of hydrogen-bond acceptors (Lipinski definition) is 6. The number of fused-ring (bicyclic) bond motifs is 2. The highest BCUT2D eigenvalue weighted by Crippen LogP contribution is 2.37. The third-order valence-corrected chi connectivity index (χ3v) is 6.03. The van der Waals surface area contributed by atoms with Gasteiger partial charge in [-0.3, -0.25) is 0 Å². The van der Waals surface area contributed by atoms with Crippen LogP contribution in [0.25, 0.3) is 10.1 Å². The summed E-state index contributed by atoms with van der Waals surface area (Å²) in [5, 5.41) is 7.98. The van der Waals surface area contributed by atoms with Crippen molar-refractivity contribution in [1.29, 1.82) is 0 Å². The molecule has 2 heterocycles. The molecule has 0 aliphatic carbocycles. The molecular formula is C19H15ClN2O4S2. The second-order valence-corrected chi connectivity index (χ2v) is 7.78. The molecule has 2 N–H and O–H groups in total. The van der Waals surface area contributed by atoms with Gasteiger partial charge in [-0.05, 0) is 48.1 Å². The Bertz CT molecular complexity index is 1080. The molecule has 0 radical (unpaired) electrons. The van der Waals surface area contributed by atoms with Crippen LogP contribution in [-0.2, 0) is 11.3 Å². The number of carbonyl (C=O) groups excluding carboxylic acids is 1. The van der Waals surface area contributed by atoms with Gasteiger partial charge in [0, 0.05) is 22.3 Å². The fourth-order valence-electron chi connectivity index (χ4n) is 2.78. The van der Waals surface area contributed by atoms with E-state index in [-0.39, 0.29) is 6.79 Å². The molecule has 0 atom stereocenters. The van der Waals surface area contributed by atoms with E-state index in [1.54, 1.807) is 0 Å². The van der Waals surface area contributed by atoms with E-state index in [1.165, 1.54) is 18.4 Å². The second-order valence-electron chi connectivity index (χ2n) is 5.94. The van der Waals surface area contributed by atoms with Crippen molar-refractivity contribution in [1.82, 2.24) is 5.32 Å². The van der Waals surface area contributed by atoms with Crippen molar-refractivity contribution in [2.75, 3.05) is 19.2 Å². The Kier molecular flexibility index (Phi) is 5.25. The maximum absolute atomic E-state index is 11.8. The van der Waals surface area contributed by atoms with E-state index < -0.39 is 5.97 Å². The van der Waals surface area contributed by atoms with Crippen LogP contribution < -0.4 is 20.1 Å². The number of hydrogen-bond donors (Lipinski definition) is 2. The van der Waals surface area contributed by atoms with Gasteiger partial charge in [0.25, 0.3) is 0 Å². The minimum Gasteiger partial charge on any atom is -0.465 e. The first-order chi connectivity index (χ1) is 13.5. The largest absolute Gasteiger partial charge is 0.465 e. The van der Waals surface area contributed by atoms with Crippen LogP contribution in [0.1, 0.15) is 15.2 Å². The lowest BCUT2D eigenvalue weighted by molar-refractivity contribution is 0.0606. The molecule has 0 saturated carbocycles. The maximum atomic E-state index is 11.8. The topological polar surface area (TPSA) is 68.8 Å². The predicted molar refractivity (Wildman–Crippen MR) is 114 cm³/mol. The molecule has 0 saturated heterocycles. The van der Waals surface area contributed by atoms with Crippen molar-refractivity contribution < 1.29 is 19.0 Å². The summed E-state index contributed by atoms with van der Waals surface area (Å²) in [5.41, 5.74) is 1.82. The molecule has 0 unspecified atom stereocenters. The molecular weight excluding hydrogens is 420 g/mol. The zero-order valence-corrected chi connectivity index (χ0v) is 17.1. The normalized spacial score (nSPS) is 12.1. The standard InChI is InChI=1S/C19H15ClN2O4S2/c1-24-18(23)17-16(20)12-4-3-11(7-15(12)28-17)22-19(27)21-8-10-2-5-13-14(6-10)26-9-25-13/h2-7H,8-9H2,1H3,(H2,21,22,27). The Labute approximate surface area is 175 Å². The first-order valence-corrected chi connectivity index (χ1v) is 9.89. The molecule has 6 nitrogen and oxygen atoms in total. The van der Waals surface area contributed by atoms with Gasteiger partial charge in [0.15, 0.2) is 16.6 Å². The van der Waals surface area contributed by atoms with E-state index in [2.05, 4.69) is 10.6 Å². The number of anilines is 1. The molecule has 0 bridgehead atoms. The average molecular weight is 435 g/mol. The van der Waals surface area contributed by atoms with Gasteiger partial charge in [-0.2, -0.15) is 0 Å². The minimum absolute atomic E-state index is 0.249.